The quantitative estimate of drug-likeness (QED) is 0.760. The SMILES string of the molecule is COc1ccc(CNC(=O)C(C)Sc2c(C)c(C)cc(C)c2C)cc1. The number of benzene rings is 2. The fourth-order valence-corrected chi connectivity index (χ4v) is 3.88. The Balaban J connectivity index is 2.01. The van der Waals surface area contributed by atoms with Crippen LogP contribution in [-0.2, 0) is 11.3 Å². The Hall–Kier alpha value is -1.94. The average Bonchev–Trinajstić information content (AvgIpc) is 2.61. The molecule has 0 saturated heterocycles. The van der Waals surface area contributed by atoms with E-state index in [1.165, 1.54) is 27.1 Å². The Bertz CT molecular complexity index is 727. The molecule has 0 aliphatic heterocycles. The second kappa shape index (κ2) is 8.43. The van der Waals surface area contributed by atoms with E-state index in [1.807, 2.05) is 31.2 Å². The summed E-state index contributed by atoms with van der Waals surface area (Å²) in [4.78, 5) is 13.7. The van der Waals surface area contributed by atoms with Gasteiger partial charge in [0.15, 0.2) is 0 Å². The van der Waals surface area contributed by atoms with Gasteiger partial charge < -0.3 is 10.1 Å². The zero-order chi connectivity index (χ0) is 18.6. The average molecular weight is 358 g/mol. The normalized spacial score (nSPS) is 11.9. The monoisotopic (exact) mass is 357 g/mol. The van der Waals surface area contributed by atoms with Gasteiger partial charge in [-0.25, -0.2) is 0 Å². The van der Waals surface area contributed by atoms with E-state index < -0.39 is 0 Å². The summed E-state index contributed by atoms with van der Waals surface area (Å²) in [6.45, 7) is 11.0. The van der Waals surface area contributed by atoms with Crippen LogP contribution in [0.25, 0.3) is 0 Å². The maximum Gasteiger partial charge on any atom is 0.233 e. The van der Waals surface area contributed by atoms with E-state index in [4.69, 9.17) is 4.74 Å². The highest BCUT2D eigenvalue weighted by molar-refractivity contribution is 8.00. The minimum absolute atomic E-state index is 0.0544. The van der Waals surface area contributed by atoms with E-state index in [-0.39, 0.29) is 11.2 Å². The first-order valence-electron chi connectivity index (χ1n) is 8.48. The van der Waals surface area contributed by atoms with Crippen LogP contribution in [0.4, 0.5) is 0 Å². The summed E-state index contributed by atoms with van der Waals surface area (Å²) in [6.07, 6.45) is 0. The Morgan fingerprint density at radius 1 is 1.08 bits per heavy atom. The summed E-state index contributed by atoms with van der Waals surface area (Å²) < 4.78 is 5.15. The highest BCUT2D eigenvalue weighted by Crippen LogP contribution is 2.33. The van der Waals surface area contributed by atoms with Gasteiger partial charge in [0.25, 0.3) is 0 Å². The van der Waals surface area contributed by atoms with Gasteiger partial charge in [0.2, 0.25) is 5.91 Å². The summed E-state index contributed by atoms with van der Waals surface area (Å²) >= 11 is 1.64. The standard InChI is InChI=1S/C21H27NO2S/c1-13-11-14(2)16(4)20(15(13)3)25-17(5)21(23)22-12-18-7-9-19(24-6)10-8-18/h7-11,17H,12H2,1-6H3,(H,22,23). The maximum atomic E-state index is 12.5. The minimum atomic E-state index is -0.142. The van der Waals surface area contributed by atoms with Crippen LogP contribution in [0.1, 0.15) is 34.7 Å². The molecule has 134 valence electrons. The van der Waals surface area contributed by atoms with E-state index in [2.05, 4.69) is 39.1 Å². The summed E-state index contributed by atoms with van der Waals surface area (Å²) in [5, 5.41) is 2.88. The van der Waals surface area contributed by atoms with E-state index >= 15 is 0 Å². The van der Waals surface area contributed by atoms with Gasteiger partial charge >= 0.3 is 0 Å². The minimum Gasteiger partial charge on any atom is -0.497 e. The molecule has 3 nitrogen and oxygen atoms in total. The first-order chi connectivity index (χ1) is 11.8. The number of methoxy groups -OCH3 is 1. The lowest BCUT2D eigenvalue weighted by atomic mass is 10.0. The third kappa shape index (κ3) is 4.79. The molecule has 1 atom stereocenters. The van der Waals surface area contributed by atoms with E-state index in [9.17, 15) is 4.79 Å². The van der Waals surface area contributed by atoms with Crippen LogP contribution < -0.4 is 10.1 Å². The van der Waals surface area contributed by atoms with Gasteiger partial charge in [-0.15, -0.1) is 11.8 Å². The van der Waals surface area contributed by atoms with Gasteiger partial charge in [-0.2, -0.15) is 0 Å². The zero-order valence-electron chi connectivity index (χ0n) is 15.9. The Kier molecular flexibility index (Phi) is 6.54. The zero-order valence-corrected chi connectivity index (χ0v) is 16.7. The number of hydrogen-bond donors (Lipinski definition) is 1. The Morgan fingerprint density at radius 2 is 1.64 bits per heavy atom. The lowest BCUT2D eigenvalue weighted by Gasteiger charge is -2.18. The third-order valence-corrected chi connectivity index (χ3v) is 6.00. The van der Waals surface area contributed by atoms with Crippen LogP contribution in [0, 0.1) is 27.7 Å². The van der Waals surface area contributed by atoms with Gasteiger partial charge in [0, 0.05) is 11.4 Å². The van der Waals surface area contributed by atoms with Crippen LogP contribution in [0.2, 0.25) is 0 Å². The third-order valence-electron chi connectivity index (χ3n) is 4.59. The van der Waals surface area contributed by atoms with Gasteiger partial charge in [-0.1, -0.05) is 18.2 Å². The molecule has 0 heterocycles. The molecule has 2 rings (SSSR count). The molecular formula is C21H27NO2S. The second-order valence-electron chi connectivity index (χ2n) is 6.42. The number of thioether (sulfide) groups is 1. The van der Waals surface area contributed by atoms with Crippen molar-refractivity contribution >= 4 is 17.7 Å². The maximum absolute atomic E-state index is 12.5. The molecule has 4 heteroatoms. The molecule has 0 radical (unpaired) electrons. The molecule has 0 fully saturated rings. The summed E-state index contributed by atoms with van der Waals surface area (Å²) in [7, 11) is 1.65. The van der Waals surface area contributed by atoms with Crippen molar-refractivity contribution in [2.45, 2.75) is 51.3 Å². The van der Waals surface area contributed by atoms with Crippen molar-refractivity contribution in [3.8, 4) is 5.75 Å². The Labute approximate surface area is 155 Å². The molecule has 2 aromatic rings. The fraction of sp³-hybridized carbons (Fsp3) is 0.381. The first-order valence-corrected chi connectivity index (χ1v) is 9.36. The molecule has 1 N–H and O–H groups in total. The number of rotatable bonds is 6. The molecule has 2 aromatic carbocycles. The second-order valence-corrected chi connectivity index (χ2v) is 7.77. The van der Waals surface area contributed by atoms with Gasteiger partial charge in [-0.05, 0) is 74.6 Å². The number of hydrogen-bond acceptors (Lipinski definition) is 3. The Morgan fingerprint density at radius 3 is 2.16 bits per heavy atom. The van der Waals surface area contributed by atoms with Crippen molar-refractivity contribution in [2.24, 2.45) is 0 Å². The number of nitrogens with one attached hydrogen (secondary N) is 1. The molecule has 1 amide bonds. The predicted octanol–water partition coefficient (Wildman–Crippen LogP) is 4.73. The molecule has 0 saturated carbocycles. The number of aryl methyl sites for hydroxylation is 2. The molecule has 0 aromatic heterocycles. The van der Waals surface area contributed by atoms with E-state index in [0.29, 0.717) is 6.54 Å². The van der Waals surface area contributed by atoms with Gasteiger partial charge in [0.1, 0.15) is 5.75 Å². The molecule has 0 bridgehead atoms. The van der Waals surface area contributed by atoms with Crippen LogP contribution in [0.15, 0.2) is 35.2 Å². The molecule has 0 aliphatic carbocycles. The van der Waals surface area contributed by atoms with Crippen LogP contribution in [-0.4, -0.2) is 18.3 Å². The number of carbonyl (C=O) groups is 1. The van der Waals surface area contributed by atoms with Crippen molar-refractivity contribution < 1.29 is 9.53 Å². The van der Waals surface area contributed by atoms with Crippen LogP contribution >= 0.6 is 11.8 Å². The number of amides is 1. The van der Waals surface area contributed by atoms with Crippen LogP contribution in [0.3, 0.4) is 0 Å². The van der Waals surface area contributed by atoms with Crippen molar-refractivity contribution in [3.63, 3.8) is 0 Å². The van der Waals surface area contributed by atoms with Crippen LogP contribution in [0.5, 0.6) is 5.75 Å². The highest BCUT2D eigenvalue weighted by atomic mass is 32.2. The van der Waals surface area contributed by atoms with Gasteiger partial charge in [-0.3, -0.25) is 4.79 Å². The largest absolute Gasteiger partial charge is 0.497 e. The molecule has 1 unspecified atom stereocenters. The van der Waals surface area contributed by atoms with Crippen molar-refractivity contribution in [1.29, 1.82) is 0 Å². The van der Waals surface area contributed by atoms with E-state index in [1.54, 1.807) is 18.9 Å². The van der Waals surface area contributed by atoms with Crippen molar-refractivity contribution in [3.05, 3.63) is 58.1 Å². The predicted molar refractivity (Wildman–Crippen MR) is 106 cm³/mol. The summed E-state index contributed by atoms with van der Waals surface area (Å²) in [6, 6.07) is 9.96. The molecule has 25 heavy (non-hydrogen) atoms. The smallest absolute Gasteiger partial charge is 0.233 e. The fourth-order valence-electron chi connectivity index (χ4n) is 2.66. The van der Waals surface area contributed by atoms with Crippen molar-refractivity contribution in [1.82, 2.24) is 5.32 Å². The first kappa shape index (κ1) is 19.4. The van der Waals surface area contributed by atoms with E-state index in [0.717, 1.165) is 11.3 Å². The number of ether oxygens (including phenoxy) is 1. The van der Waals surface area contributed by atoms with Crippen molar-refractivity contribution in [2.75, 3.05) is 7.11 Å². The number of carbonyl (C=O) groups excluding carboxylic acids is 1. The molecule has 0 spiro atoms. The topological polar surface area (TPSA) is 38.3 Å². The molecule has 0 aliphatic rings. The summed E-state index contributed by atoms with van der Waals surface area (Å²) in [5.41, 5.74) is 6.14. The lowest BCUT2D eigenvalue weighted by Crippen LogP contribution is -2.30. The lowest BCUT2D eigenvalue weighted by molar-refractivity contribution is -0.120. The van der Waals surface area contributed by atoms with Gasteiger partial charge in [0.05, 0.1) is 12.4 Å². The summed E-state index contributed by atoms with van der Waals surface area (Å²) in [5.74, 6) is 0.874. The highest BCUT2D eigenvalue weighted by Gasteiger charge is 2.18. The molecular weight excluding hydrogens is 330 g/mol.